The van der Waals surface area contributed by atoms with E-state index < -0.39 is 17.7 Å². The average Bonchev–Trinajstić information content (AvgIpc) is 3.13. The van der Waals surface area contributed by atoms with Crippen LogP contribution in [0.15, 0.2) is 78.4 Å². The average molecular weight is 472 g/mol. The Morgan fingerprint density at radius 2 is 1.57 bits per heavy atom. The van der Waals surface area contributed by atoms with Gasteiger partial charge in [0.2, 0.25) is 5.91 Å². The summed E-state index contributed by atoms with van der Waals surface area (Å²) in [6.07, 6.45) is 0. The van der Waals surface area contributed by atoms with Gasteiger partial charge in [0.25, 0.3) is 11.7 Å². The van der Waals surface area contributed by atoms with Crippen molar-refractivity contribution in [2.45, 2.75) is 13.0 Å². The van der Waals surface area contributed by atoms with Crippen LogP contribution in [0.2, 0.25) is 0 Å². The van der Waals surface area contributed by atoms with Gasteiger partial charge in [-0.05, 0) is 48.0 Å². The van der Waals surface area contributed by atoms with Crippen molar-refractivity contribution >= 4 is 34.7 Å². The zero-order valence-corrected chi connectivity index (χ0v) is 19.4. The number of aliphatic hydroxyl groups excluding tert-OH is 1. The SMILES string of the molecule is COc1cccc(/C(O)=C2\C(=O)C(=O)N(c3cccc(NC(C)=O)c3)C2c2cccc(OC)c2)c1. The van der Waals surface area contributed by atoms with E-state index in [1.165, 1.54) is 26.0 Å². The molecule has 0 bridgehead atoms. The fraction of sp³-hybridized carbons (Fsp3) is 0.148. The normalized spacial score (nSPS) is 16.8. The first-order chi connectivity index (χ1) is 16.8. The molecule has 8 heteroatoms. The lowest BCUT2D eigenvalue weighted by Gasteiger charge is -2.26. The number of ether oxygens (including phenoxy) is 2. The number of nitrogens with zero attached hydrogens (tertiary/aromatic N) is 1. The number of rotatable bonds is 6. The Morgan fingerprint density at radius 3 is 2.26 bits per heavy atom. The molecule has 0 aliphatic carbocycles. The van der Waals surface area contributed by atoms with Gasteiger partial charge in [0.05, 0.1) is 25.8 Å². The molecule has 1 fully saturated rings. The predicted molar refractivity (Wildman–Crippen MR) is 132 cm³/mol. The fourth-order valence-corrected chi connectivity index (χ4v) is 4.09. The lowest BCUT2D eigenvalue weighted by Crippen LogP contribution is -2.29. The molecule has 1 unspecified atom stereocenters. The van der Waals surface area contributed by atoms with E-state index in [4.69, 9.17) is 9.47 Å². The Hall–Kier alpha value is -4.59. The minimum Gasteiger partial charge on any atom is -0.507 e. The highest BCUT2D eigenvalue weighted by atomic mass is 16.5. The molecule has 1 saturated heterocycles. The van der Waals surface area contributed by atoms with Gasteiger partial charge in [-0.1, -0.05) is 30.3 Å². The molecule has 2 N–H and O–H groups in total. The molecule has 1 aliphatic heterocycles. The first-order valence-corrected chi connectivity index (χ1v) is 10.8. The molecule has 3 aromatic carbocycles. The molecule has 0 radical (unpaired) electrons. The smallest absolute Gasteiger partial charge is 0.300 e. The van der Waals surface area contributed by atoms with E-state index in [1.807, 2.05) is 0 Å². The van der Waals surface area contributed by atoms with Gasteiger partial charge in [-0.25, -0.2) is 0 Å². The summed E-state index contributed by atoms with van der Waals surface area (Å²) < 4.78 is 10.6. The summed E-state index contributed by atoms with van der Waals surface area (Å²) in [6.45, 7) is 1.38. The Labute approximate surface area is 202 Å². The van der Waals surface area contributed by atoms with Gasteiger partial charge in [0.1, 0.15) is 17.3 Å². The molecule has 0 spiro atoms. The maximum atomic E-state index is 13.3. The Balaban J connectivity index is 1.93. The Morgan fingerprint density at radius 1 is 0.914 bits per heavy atom. The second-order valence-corrected chi connectivity index (χ2v) is 7.91. The predicted octanol–water partition coefficient (Wildman–Crippen LogP) is 4.29. The molecule has 0 aromatic heterocycles. The van der Waals surface area contributed by atoms with Gasteiger partial charge in [-0.3, -0.25) is 19.3 Å². The first-order valence-electron chi connectivity index (χ1n) is 10.8. The third-order valence-electron chi connectivity index (χ3n) is 5.64. The summed E-state index contributed by atoms with van der Waals surface area (Å²) in [7, 11) is 3.01. The van der Waals surface area contributed by atoms with E-state index in [2.05, 4.69) is 5.32 Å². The monoisotopic (exact) mass is 472 g/mol. The van der Waals surface area contributed by atoms with Crippen molar-refractivity contribution in [2.24, 2.45) is 0 Å². The third-order valence-corrected chi connectivity index (χ3v) is 5.64. The van der Waals surface area contributed by atoms with E-state index in [-0.39, 0.29) is 17.2 Å². The number of hydrogen-bond donors (Lipinski definition) is 2. The van der Waals surface area contributed by atoms with Crippen molar-refractivity contribution in [1.29, 1.82) is 0 Å². The van der Waals surface area contributed by atoms with E-state index >= 15 is 0 Å². The lowest BCUT2D eigenvalue weighted by molar-refractivity contribution is -0.132. The van der Waals surface area contributed by atoms with E-state index in [0.717, 1.165) is 0 Å². The lowest BCUT2D eigenvalue weighted by atomic mass is 9.95. The number of Topliss-reactive ketones (excluding diaryl/α,β-unsaturated/α-hetero) is 1. The Kier molecular flexibility index (Phi) is 6.55. The van der Waals surface area contributed by atoms with Crippen LogP contribution in [0.5, 0.6) is 11.5 Å². The minimum atomic E-state index is -0.941. The van der Waals surface area contributed by atoms with Crippen LogP contribution >= 0.6 is 0 Å². The third kappa shape index (κ3) is 4.59. The van der Waals surface area contributed by atoms with Gasteiger partial charge in [0.15, 0.2) is 0 Å². The summed E-state index contributed by atoms with van der Waals surface area (Å²) in [4.78, 5) is 39.5. The maximum Gasteiger partial charge on any atom is 0.300 e. The van der Waals surface area contributed by atoms with Crippen LogP contribution in [0.1, 0.15) is 24.1 Å². The van der Waals surface area contributed by atoms with Crippen LogP contribution in [0, 0.1) is 0 Å². The van der Waals surface area contributed by atoms with Crippen molar-refractivity contribution in [3.8, 4) is 11.5 Å². The second-order valence-electron chi connectivity index (χ2n) is 7.91. The number of benzene rings is 3. The maximum absolute atomic E-state index is 13.3. The molecule has 2 amide bonds. The first kappa shape index (κ1) is 23.6. The van der Waals surface area contributed by atoms with Gasteiger partial charge in [0, 0.05) is 23.9 Å². The van der Waals surface area contributed by atoms with Crippen molar-refractivity contribution in [3.05, 3.63) is 89.5 Å². The largest absolute Gasteiger partial charge is 0.507 e. The molecule has 35 heavy (non-hydrogen) atoms. The molecule has 1 heterocycles. The molecule has 4 rings (SSSR count). The molecular formula is C27H24N2O6. The highest BCUT2D eigenvalue weighted by Gasteiger charge is 2.47. The van der Waals surface area contributed by atoms with Gasteiger partial charge < -0.3 is 19.9 Å². The van der Waals surface area contributed by atoms with Crippen molar-refractivity contribution < 1.29 is 29.0 Å². The molecule has 0 saturated carbocycles. The van der Waals surface area contributed by atoms with Crippen molar-refractivity contribution in [1.82, 2.24) is 0 Å². The molecule has 1 aliphatic rings. The van der Waals surface area contributed by atoms with Crippen LogP contribution in [0.3, 0.4) is 0 Å². The Bertz CT molecular complexity index is 1350. The van der Waals surface area contributed by atoms with Gasteiger partial charge in [-0.2, -0.15) is 0 Å². The number of aliphatic hydroxyl groups is 1. The summed E-state index contributed by atoms with van der Waals surface area (Å²) in [6, 6.07) is 19.2. The van der Waals surface area contributed by atoms with E-state index in [0.29, 0.717) is 34.0 Å². The fourth-order valence-electron chi connectivity index (χ4n) is 4.09. The zero-order valence-electron chi connectivity index (χ0n) is 19.4. The number of carbonyl (C=O) groups is 3. The van der Waals surface area contributed by atoms with Crippen LogP contribution in [-0.4, -0.2) is 36.9 Å². The molecule has 3 aromatic rings. The number of amides is 2. The number of ketones is 1. The number of anilines is 2. The summed E-state index contributed by atoms with van der Waals surface area (Å²) in [5, 5.41) is 13.9. The van der Waals surface area contributed by atoms with Crippen LogP contribution < -0.4 is 19.7 Å². The molecule has 1 atom stereocenters. The summed E-state index contributed by atoms with van der Waals surface area (Å²) in [5.41, 5.74) is 1.69. The second kappa shape index (κ2) is 9.72. The van der Waals surface area contributed by atoms with Crippen molar-refractivity contribution in [3.63, 3.8) is 0 Å². The molecule has 178 valence electrons. The number of carbonyl (C=O) groups excluding carboxylic acids is 3. The van der Waals surface area contributed by atoms with E-state index in [9.17, 15) is 19.5 Å². The summed E-state index contributed by atoms with van der Waals surface area (Å²) in [5.74, 6) is -1.21. The van der Waals surface area contributed by atoms with Gasteiger partial charge in [-0.15, -0.1) is 0 Å². The van der Waals surface area contributed by atoms with E-state index in [1.54, 1.807) is 72.8 Å². The topological polar surface area (TPSA) is 105 Å². The molecular weight excluding hydrogens is 448 g/mol. The number of methoxy groups -OCH3 is 2. The molecule has 8 nitrogen and oxygen atoms in total. The standard InChI is InChI=1S/C27H24N2O6/c1-16(30)28-19-9-6-10-20(15-19)29-24(17-7-4-11-21(13-17)34-2)23(26(32)27(29)33)25(31)18-8-5-12-22(14-18)35-3/h4-15,24,31H,1-3H3,(H,28,30)/b25-23+. The highest BCUT2D eigenvalue weighted by molar-refractivity contribution is 6.51. The number of nitrogens with one attached hydrogen (secondary N) is 1. The van der Waals surface area contributed by atoms with Crippen LogP contribution in [-0.2, 0) is 14.4 Å². The van der Waals surface area contributed by atoms with Crippen LogP contribution in [0.4, 0.5) is 11.4 Å². The minimum absolute atomic E-state index is 0.0681. The van der Waals surface area contributed by atoms with Gasteiger partial charge >= 0.3 is 0 Å². The zero-order chi connectivity index (χ0) is 25.1. The summed E-state index contributed by atoms with van der Waals surface area (Å²) >= 11 is 0. The van der Waals surface area contributed by atoms with Crippen LogP contribution in [0.25, 0.3) is 5.76 Å². The highest BCUT2D eigenvalue weighted by Crippen LogP contribution is 2.43. The number of hydrogen-bond acceptors (Lipinski definition) is 6. The van der Waals surface area contributed by atoms with Crippen molar-refractivity contribution in [2.75, 3.05) is 24.4 Å². The quantitative estimate of drug-likeness (QED) is 0.315.